The van der Waals surface area contributed by atoms with Crippen LogP contribution in [-0.2, 0) is 24.2 Å². The second-order valence-electron chi connectivity index (χ2n) is 9.53. The number of rotatable bonds is 15. The van der Waals surface area contributed by atoms with Gasteiger partial charge in [-0.05, 0) is 37.8 Å². The van der Waals surface area contributed by atoms with Gasteiger partial charge in [0.1, 0.15) is 28.9 Å². The van der Waals surface area contributed by atoms with Crippen molar-refractivity contribution in [1.29, 1.82) is 5.26 Å². The maximum Gasteiger partial charge on any atom is 0.314 e. The zero-order valence-corrected chi connectivity index (χ0v) is 25.7. The predicted molar refractivity (Wildman–Crippen MR) is 153 cm³/mol. The Morgan fingerprint density at radius 1 is 0.872 bits per heavy atom. The number of ether oxygens (including phenoxy) is 2. The summed E-state index contributed by atoms with van der Waals surface area (Å²) in [5.74, 6) is -2.45. The topological polar surface area (TPSA) is 128 Å². The van der Waals surface area contributed by atoms with Crippen LogP contribution < -0.4 is 9.47 Å². The summed E-state index contributed by atoms with van der Waals surface area (Å²) in [5.41, 5.74) is -0.301. The summed E-state index contributed by atoms with van der Waals surface area (Å²) < 4.78 is 35.2. The second kappa shape index (κ2) is 15.5. The van der Waals surface area contributed by atoms with Crippen LogP contribution in [0, 0.1) is 23.2 Å². The van der Waals surface area contributed by atoms with Gasteiger partial charge in [-0.1, -0.05) is 76.9 Å². The smallest absolute Gasteiger partial charge is 0.314 e. The van der Waals surface area contributed by atoms with Crippen molar-refractivity contribution in [3.05, 3.63) is 21.9 Å². The molecular weight excluding hydrogens is 559 g/mol. The molecule has 0 bridgehead atoms. The van der Waals surface area contributed by atoms with E-state index in [4.69, 9.17) is 9.47 Å². The molecule has 0 aliphatic carbocycles. The maximum absolute atomic E-state index is 13.0. The van der Waals surface area contributed by atoms with Gasteiger partial charge >= 0.3 is 11.9 Å². The molecule has 214 valence electrons. The van der Waals surface area contributed by atoms with Crippen molar-refractivity contribution >= 4 is 51.1 Å². The van der Waals surface area contributed by atoms with E-state index >= 15 is 0 Å². The summed E-state index contributed by atoms with van der Waals surface area (Å²) in [6.07, 6.45) is 7.26. The molecule has 1 aromatic rings. The molecule has 2 rings (SSSR count). The second-order valence-corrected chi connectivity index (χ2v) is 14.0. The number of sulfone groups is 1. The van der Waals surface area contributed by atoms with Gasteiger partial charge in [-0.15, -0.1) is 0 Å². The number of Topliss-reactive ketones (excluding diaryl/α,β-unsaturated/α-hetero) is 1. The zero-order valence-electron chi connectivity index (χ0n) is 23.2. The zero-order chi connectivity index (χ0) is 29.2. The lowest BCUT2D eigenvalue weighted by Gasteiger charge is -2.17. The van der Waals surface area contributed by atoms with Crippen molar-refractivity contribution in [1.82, 2.24) is 0 Å². The Bertz CT molecular complexity index is 1190. The Morgan fingerprint density at radius 3 is 1.64 bits per heavy atom. The largest absolute Gasteiger partial charge is 0.425 e. The first-order valence-electron chi connectivity index (χ1n) is 13.3. The number of nitriles is 1. The Hall–Kier alpha value is -2.29. The quantitative estimate of drug-likeness (QED) is 0.0962. The molecule has 39 heavy (non-hydrogen) atoms. The van der Waals surface area contributed by atoms with E-state index in [0.717, 1.165) is 55.5 Å². The lowest BCUT2D eigenvalue weighted by atomic mass is 10.00. The molecule has 1 heterocycles. The number of nitrogens with zero attached hydrogens (tertiary/aromatic N) is 1. The van der Waals surface area contributed by atoms with Gasteiger partial charge in [0.15, 0.2) is 15.6 Å². The fourth-order valence-corrected chi connectivity index (χ4v) is 7.22. The molecule has 8 nitrogen and oxygen atoms in total. The highest BCUT2D eigenvalue weighted by molar-refractivity contribution is 8.24. The number of esters is 2. The summed E-state index contributed by atoms with van der Waals surface area (Å²) in [5, 5.41) is 9.72. The van der Waals surface area contributed by atoms with Gasteiger partial charge in [-0.3, -0.25) is 14.4 Å². The van der Waals surface area contributed by atoms with Crippen LogP contribution in [0.3, 0.4) is 0 Å². The van der Waals surface area contributed by atoms with Crippen LogP contribution in [-0.4, -0.2) is 38.1 Å². The molecule has 0 N–H and O–H groups in total. The summed E-state index contributed by atoms with van der Waals surface area (Å²) in [6.45, 7) is 7.95. The van der Waals surface area contributed by atoms with Crippen molar-refractivity contribution in [2.24, 2.45) is 11.8 Å². The van der Waals surface area contributed by atoms with E-state index in [1.807, 2.05) is 19.9 Å². The van der Waals surface area contributed by atoms with Crippen molar-refractivity contribution in [3.8, 4) is 17.6 Å². The van der Waals surface area contributed by atoms with Crippen molar-refractivity contribution < 1.29 is 32.3 Å². The molecule has 0 fully saturated rings. The van der Waals surface area contributed by atoms with E-state index in [9.17, 15) is 28.1 Å². The van der Waals surface area contributed by atoms with Gasteiger partial charge in [0, 0.05) is 6.26 Å². The monoisotopic (exact) mass is 595 g/mol. The highest BCUT2D eigenvalue weighted by Gasteiger charge is 2.33. The minimum absolute atomic E-state index is 0.239. The fraction of sp³-hybridized carbons (Fsp3) is 0.571. The molecule has 11 heteroatoms. The molecule has 2 unspecified atom stereocenters. The van der Waals surface area contributed by atoms with E-state index in [0.29, 0.717) is 35.5 Å². The first-order valence-corrected chi connectivity index (χ1v) is 17.0. The van der Waals surface area contributed by atoms with Crippen molar-refractivity contribution in [2.45, 2.75) is 88.9 Å². The number of unbranched alkanes of at least 4 members (excludes halogenated alkanes) is 2. The predicted octanol–water partition coefficient (Wildman–Crippen LogP) is 6.48. The van der Waals surface area contributed by atoms with Gasteiger partial charge in [-0.25, -0.2) is 8.42 Å². The third-order valence-corrected chi connectivity index (χ3v) is 9.72. The number of fused-ring (bicyclic) bond motifs is 1. The molecule has 0 aromatic heterocycles. The minimum Gasteiger partial charge on any atom is -0.425 e. The first-order chi connectivity index (χ1) is 18.5. The number of carbonyl (C=O) groups excluding carboxylic acids is 3. The third-order valence-electron chi connectivity index (χ3n) is 6.30. The van der Waals surface area contributed by atoms with Gasteiger partial charge < -0.3 is 9.47 Å². The van der Waals surface area contributed by atoms with Gasteiger partial charge in [0.2, 0.25) is 0 Å². The van der Waals surface area contributed by atoms with Crippen molar-refractivity contribution in [3.63, 3.8) is 0 Å². The SMILES string of the molecule is CCCCC(CC)C(=O)Oc1ccc(OC(=O)C(CC)CCCC)c2c1SC(=C(C#N)C(=O)CS(C)(=O)=O)S2. The van der Waals surface area contributed by atoms with E-state index < -0.39 is 21.4 Å². The molecule has 0 amide bonds. The number of hydrogen-bond acceptors (Lipinski definition) is 10. The van der Waals surface area contributed by atoms with E-state index in [1.165, 1.54) is 0 Å². The molecule has 0 radical (unpaired) electrons. The van der Waals surface area contributed by atoms with Crippen LogP contribution in [0.25, 0.3) is 0 Å². The van der Waals surface area contributed by atoms with Gasteiger partial charge in [-0.2, -0.15) is 5.26 Å². The molecule has 2 atom stereocenters. The average Bonchev–Trinajstić information content (AvgIpc) is 3.31. The highest BCUT2D eigenvalue weighted by Crippen LogP contribution is 2.59. The number of allylic oxidation sites excluding steroid dienone is 1. The van der Waals surface area contributed by atoms with Crippen LogP contribution in [0.5, 0.6) is 11.5 Å². The Labute approximate surface area is 240 Å². The third kappa shape index (κ3) is 9.40. The molecule has 0 saturated heterocycles. The standard InChI is InChI=1S/C28H37NO7S3/c1-6-10-12-18(8-3)26(31)35-22-14-15-23(36-27(32)19(9-4)13-11-7-2)25-24(22)37-28(38-25)20(16-29)21(30)17-39(5,33)34/h14-15,18-19H,6-13,17H2,1-5H3. The normalized spacial score (nSPS) is 14.2. The molecular formula is C28H37NO7S3. The van der Waals surface area contributed by atoms with Gasteiger partial charge in [0.05, 0.1) is 25.9 Å². The summed E-state index contributed by atoms with van der Waals surface area (Å²) in [4.78, 5) is 39.5. The number of thioether (sulfide) groups is 2. The van der Waals surface area contributed by atoms with Crippen LogP contribution >= 0.6 is 23.5 Å². The lowest BCUT2D eigenvalue weighted by Crippen LogP contribution is -2.21. The number of carbonyl (C=O) groups is 3. The summed E-state index contributed by atoms with van der Waals surface area (Å²) >= 11 is 2.07. The summed E-state index contributed by atoms with van der Waals surface area (Å²) in [7, 11) is -3.66. The van der Waals surface area contributed by atoms with Crippen LogP contribution in [0.4, 0.5) is 0 Å². The van der Waals surface area contributed by atoms with Gasteiger partial charge in [0.25, 0.3) is 0 Å². The average molecular weight is 596 g/mol. The highest BCUT2D eigenvalue weighted by atomic mass is 32.2. The van der Waals surface area contributed by atoms with Crippen LogP contribution in [0.1, 0.15) is 79.1 Å². The molecule has 0 saturated carbocycles. The number of ketones is 1. The molecule has 0 spiro atoms. The summed E-state index contributed by atoms with van der Waals surface area (Å²) in [6, 6.07) is 4.94. The number of benzene rings is 1. The molecule has 1 aromatic carbocycles. The van der Waals surface area contributed by atoms with E-state index in [2.05, 4.69) is 13.8 Å². The maximum atomic E-state index is 13.0. The van der Waals surface area contributed by atoms with E-state index in [-0.39, 0.29) is 45.1 Å². The molecule has 1 aliphatic heterocycles. The molecule has 1 aliphatic rings. The Kier molecular flexibility index (Phi) is 13.1. The lowest BCUT2D eigenvalue weighted by molar-refractivity contribution is -0.140. The van der Waals surface area contributed by atoms with E-state index in [1.54, 1.807) is 12.1 Å². The minimum atomic E-state index is -3.66. The van der Waals surface area contributed by atoms with Crippen LogP contribution in [0.15, 0.2) is 31.7 Å². The Balaban J connectivity index is 2.50. The van der Waals surface area contributed by atoms with Crippen molar-refractivity contribution in [2.75, 3.05) is 12.0 Å². The fourth-order valence-electron chi connectivity index (χ4n) is 3.98. The van der Waals surface area contributed by atoms with Crippen LogP contribution in [0.2, 0.25) is 0 Å². The first kappa shape index (κ1) is 32.9. The Morgan fingerprint density at radius 2 is 1.31 bits per heavy atom. The number of hydrogen-bond donors (Lipinski definition) is 0.